The average molecular weight is 371 g/mol. The number of halogens is 3. The molecule has 2 fully saturated rings. The smallest absolute Gasteiger partial charge is 0.194 e. The topological polar surface area (TPSA) is 0 Å². The van der Waals surface area contributed by atoms with Gasteiger partial charge >= 0.3 is 0 Å². The molecule has 0 aromatic heterocycles. The highest BCUT2D eigenvalue weighted by atomic mass is 19.2. The van der Waals surface area contributed by atoms with Crippen LogP contribution >= 0.6 is 0 Å². The maximum Gasteiger partial charge on any atom is 0.194 e. The van der Waals surface area contributed by atoms with Gasteiger partial charge in [0, 0.05) is 5.48 Å². The van der Waals surface area contributed by atoms with E-state index in [1.165, 1.54) is 0 Å². The number of hydrogen-bond acceptors (Lipinski definition) is 0. The van der Waals surface area contributed by atoms with Gasteiger partial charge in [-0.1, -0.05) is 58.2 Å². The second kappa shape index (κ2) is 9.28. The molecule has 0 aliphatic heterocycles. The first-order valence-corrected chi connectivity index (χ1v) is 10.2. The van der Waals surface area contributed by atoms with Crippen LogP contribution in [0.4, 0.5) is 13.2 Å². The van der Waals surface area contributed by atoms with E-state index >= 15 is 0 Å². The predicted octanol–water partition coefficient (Wildman–Crippen LogP) is 7.76. The predicted molar refractivity (Wildman–Crippen MR) is 101 cm³/mol. The van der Waals surface area contributed by atoms with E-state index in [4.69, 9.17) is 5.48 Å². The lowest BCUT2D eigenvalue weighted by molar-refractivity contribution is 0.224. The molecule has 2 aliphatic carbocycles. The molecule has 0 nitrogen and oxygen atoms in total. The van der Waals surface area contributed by atoms with Crippen LogP contribution in [-0.2, 0) is 0 Å². The Morgan fingerprint density at radius 3 is 1.92 bits per heavy atom. The minimum Gasteiger partial charge on any atom is -0.204 e. The molecule has 0 radical (unpaired) electrons. The van der Waals surface area contributed by atoms with E-state index in [-0.39, 0.29) is 11.8 Å². The van der Waals surface area contributed by atoms with Gasteiger partial charge in [0.15, 0.2) is 17.5 Å². The highest BCUT2D eigenvalue weighted by Crippen LogP contribution is 2.40. The Balaban J connectivity index is 1.55. The summed E-state index contributed by atoms with van der Waals surface area (Å²) in [5.41, 5.74) is 0.506. The number of benzene rings is 1. The lowest BCUT2D eigenvalue weighted by atomic mass is 9.74. The molecule has 0 unspecified atom stereocenters. The van der Waals surface area contributed by atoms with E-state index in [0.29, 0.717) is 30.7 Å². The fourth-order valence-electron chi connectivity index (χ4n) is 4.58. The molecule has 0 saturated heterocycles. The molecule has 146 valence electrons. The first-order chi connectivity index (χ1) is 14.0. The molecule has 2 aliphatic rings. The van der Waals surface area contributed by atoms with Crippen molar-refractivity contribution in [3.8, 4) is 0 Å². The molecular formula is C23H33F3. The fourth-order valence-corrected chi connectivity index (χ4v) is 4.58. The summed E-state index contributed by atoms with van der Waals surface area (Å²) in [5, 5.41) is 0. The van der Waals surface area contributed by atoms with Gasteiger partial charge in [-0.2, -0.15) is 0 Å². The third-order valence-corrected chi connectivity index (χ3v) is 6.19. The van der Waals surface area contributed by atoms with E-state index < -0.39 is 36.1 Å². The van der Waals surface area contributed by atoms with Crippen LogP contribution in [0.2, 0.25) is 0 Å². The Morgan fingerprint density at radius 2 is 1.35 bits per heavy atom. The molecule has 0 amide bonds. The molecule has 26 heavy (non-hydrogen) atoms. The average Bonchev–Trinajstić information content (AvgIpc) is 2.64. The van der Waals surface area contributed by atoms with E-state index in [0.717, 1.165) is 57.1 Å². The first-order valence-electron chi connectivity index (χ1n) is 12.2. The Labute approximate surface area is 162 Å². The molecule has 0 N–H and O–H groups in total. The maximum absolute atomic E-state index is 13.5. The van der Waals surface area contributed by atoms with Crippen molar-refractivity contribution in [3.63, 3.8) is 0 Å². The summed E-state index contributed by atoms with van der Waals surface area (Å²) < 4.78 is 74.2. The summed E-state index contributed by atoms with van der Waals surface area (Å²) in [6.45, 7) is 2.06. The number of hydrogen-bond donors (Lipinski definition) is 0. The molecule has 3 rings (SSSR count). The Bertz CT molecular complexity index is 688. The van der Waals surface area contributed by atoms with Crippen molar-refractivity contribution in [2.75, 3.05) is 0 Å². The molecule has 0 heterocycles. The third kappa shape index (κ3) is 5.04. The monoisotopic (exact) mass is 370 g/mol. The normalized spacial score (nSPS) is 35.8. The van der Waals surface area contributed by atoms with Crippen LogP contribution in [0, 0.1) is 35.2 Å². The molecule has 1 aromatic rings. The van der Waals surface area contributed by atoms with Crippen molar-refractivity contribution < 1.29 is 18.7 Å². The Hall–Kier alpha value is -0.990. The second-order valence-corrected chi connectivity index (χ2v) is 8.12. The molecule has 0 atom stereocenters. The zero-order valence-corrected chi connectivity index (χ0v) is 15.7. The minimum atomic E-state index is -1.48. The SMILES string of the molecule is [2H]C1([2H])CC(CCC)CC([2H])([2H])C1CCC1CCC(c2cc(F)c(F)c(F)c2)CC1. The summed E-state index contributed by atoms with van der Waals surface area (Å²) in [6.07, 6.45) is 4.31. The third-order valence-electron chi connectivity index (χ3n) is 6.19. The Morgan fingerprint density at radius 1 is 0.808 bits per heavy atom. The molecule has 0 bridgehead atoms. The summed E-state index contributed by atoms with van der Waals surface area (Å²) >= 11 is 0. The highest BCUT2D eigenvalue weighted by molar-refractivity contribution is 5.23. The van der Waals surface area contributed by atoms with E-state index in [1.807, 2.05) is 0 Å². The van der Waals surface area contributed by atoms with Crippen molar-refractivity contribution in [1.82, 2.24) is 0 Å². The van der Waals surface area contributed by atoms with Crippen LogP contribution in [0.5, 0.6) is 0 Å². The summed E-state index contributed by atoms with van der Waals surface area (Å²) in [7, 11) is 0. The van der Waals surface area contributed by atoms with Crippen molar-refractivity contribution in [2.45, 2.75) is 89.8 Å². The van der Waals surface area contributed by atoms with Crippen molar-refractivity contribution in [2.24, 2.45) is 17.8 Å². The van der Waals surface area contributed by atoms with Crippen LogP contribution in [0.25, 0.3) is 0 Å². The quantitative estimate of drug-likeness (QED) is 0.449. The summed E-state index contributed by atoms with van der Waals surface area (Å²) in [6, 6.07) is 2.20. The standard InChI is InChI=1S/C23H33F3/c1-2-3-16-4-6-17(7-5-16)8-9-18-10-12-19(13-11-18)20-14-21(24)23(26)22(25)15-20/h14-19H,2-13H2,1H3/i6D2,7D2. The highest BCUT2D eigenvalue weighted by Gasteiger charge is 2.26. The lowest BCUT2D eigenvalue weighted by Gasteiger charge is -2.32. The minimum absolute atomic E-state index is 0.00761. The van der Waals surface area contributed by atoms with Gasteiger partial charge in [0.05, 0.1) is 0 Å². The van der Waals surface area contributed by atoms with Gasteiger partial charge in [0.25, 0.3) is 0 Å². The van der Waals surface area contributed by atoms with Crippen molar-refractivity contribution >= 4 is 0 Å². The van der Waals surface area contributed by atoms with Crippen molar-refractivity contribution in [1.29, 1.82) is 0 Å². The first kappa shape index (κ1) is 15.0. The Kier molecular flexibility index (Phi) is 5.35. The molecule has 0 spiro atoms. The summed E-state index contributed by atoms with van der Waals surface area (Å²) in [4.78, 5) is 0. The van der Waals surface area contributed by atoms with Gasteiger partial charge in [0.2, 0.25) is 0 Å². The van der Waals surface area contributed by atoms with E-state index in [1.54, 1.807) is 0 Å². The van der Waals surface area contributed by atoms with E-state index in [9.17, 15) is 13.2 Å². The van der Waals surface area contributed by atoms with Crippen molar-refractivity contribution in [3.05, 3.63) is 35.1 Å². The van der Waals surface area contributed by atoms with Crippen LogP contribution in [0.3, 0.4) is 0 Å². The molecular weight excluding hydrogens is 333 g/mol. The second-order valence-electron chi connectivity index (χ2n) is 8.12. The maximum atomic E-state index is 13.5. The van der Waals surface area contributed by atoms with Crippen LogP contribution in [0.15, 0.2) is 12.1 Å². The van der Waals surface area contributed by atoms with Gasteiger partial charge in [0.1, 0.15) is 0 Å². The van der Waals surface area contributed by atoms with Gasteiger partial charge in [-0.25, -0.2) is 13.2 Å². The van der Waals surface area contributed by atoms with Gasteiger partial charge in [-0.05, 0) is 67.1 Å². The summed E-state index contributed by atoms with van der Waals surface area (Å²) in [5.74, 6) is -3.81. The lowest BCUT2D eigenvalue weighted by Crippen LogP contribution is -2.18. The van der Waals surface area contributed by atoms with Gasteiger partial charge in [-0.3, -0.25) is 0 Å². The van der Waals surface area contributed by atoms with Crippen LogP contribution < -0.4 is 0 Å². The zero-order valence-electron chi connectivity index (χ0n) is 19.7. The zero-order chi connectivity index (χ0) is 22.1. The van der Waals surface area contributed by atoms with Gasteiger partial charge in [-0.15, -0.1) is 0 Å². The van der Waals surface area contributed by atoms with Gasteiger partial charge < -0.3 is 0 Å². The number of rotatable bonds is 6. The molecule has 1 aromatic carbocycles. The molecule has 2 saturated carbocycles. The van der Waals surface area contributed by atoms with Crippen LogP contribution in [0.1, 0.15) is 101 Å². The van der Waals surface area contributed by atoms with Crippen LogP contribution in [-0.4, -0.2) is 0 Å². The molecule has 3 heteroatoms. The fraction of sp³-hybridized carbons (Fsp3) is 0.739. The largest absolute Gasteiger partial charge is 0.204 e. The van der Waals surface area contributed by atoms with E-state index in [2.05, 4.69) is 6.92 Å².